The highest BCUT2D eigenvalue weighted by Gasteiger charge is 2.15. The predicted octanol–water partition coefficient (Wildman–Crippen LogP) is 2.48. The molecule has 0 aliphatic heterocycles. The first-order valence-corrected chi connectivity index (χ1v) is 6.97. The van der Waals surface area contributed by atoms with Crippen LogP contribution in [0.15, 0.2) is 24.5 Å². The first-order valence-electron chi connectivity index (χ1n) is 4.81. The van der Waals surface area contributed by atoms with E-state index in [-0.39, 0.29) is 17.9 Å². The molecule has 0 radical (unpaired) electrons. The van der Waals surface area contributed by atoms with Gasteiger partial charge in [0.15, 0.2) is 0 Å². The van der Waals surface area contributed by atoms with Crippen molar-refractivity contribution in [2.45, 2.75) is 6.61 Å². The van der Waals surface area contributed by atoms with Gasteiger partial charge in [-0.15, -0.1) is 0 Å². The van der Waals surface area contributed by atoms with Gasteiger partial charge in [-0.1, -0.05) is 0 Å². The number of hydrogen-bond donors (Lipinski definition) is 1. The molecule has 1 aromatic heterocycles. The Labute approximate surface area is 129 Å². The molecule has 1 aromatic carbocycles. The van der Waals surface area contributed by atoms with Crippen LogP contribution in [0, 0.1) is 17.5 Å². The lowest BCUT2D eigenvalue weighted by Crippen LogP contribution is -2.00. The monoisotopic (exact) mass is 471 g/mol. The zero-order valence-corrected chi connectivity index (χ0v) is 13.2. The van der Waals surface area contributed by atoms with Gasteiger partial charge in [-0.2, -0.15) is 0 Å². The number of imidazole rings is 1. The molecule has 1 N–H and O–H groups in total. The number of nitro groups is 1. The molecule has 0 aliphatic rings. The van der Waals surface area contributed by atoms with E-state index in [1.165, 1.54) is 6.07 Å². The lowest BCUT2D eigenvalue weighted by Gasteiger charge is -2.06. The minimum absolute atomic E-state index is 0.0777. The SMILES string of the molecule is O=[N+]([O-])c1ccc(-n2cnc(I)c2I)cc1CO. The fourth-order valence-corrected chi connectivity index (χ4v) is 2.45. The van der Waals surface area contributed by atoms with Crippen LogP contribution in [0.1, 0.15) is 5.56 Å². The lowest BCUT2D eigenvalue weighted by molar-refractivity contribution is -0.385. The zero-order valence-electron chi connectivity index (χ0n) is 8.88. The molecule has 0 spiro atoms. The number of benzene rings is 1. The summed E-state index contributed by atoms with van der Waals surface area (Å²) >= 11 is 4.26. The smallest absolute Gasteiger partial charge is 0.275 e. The average molecular weight is 471 g/mol. The Morgan fingerprint density at radius 2 is 2.17 bits per heavy atom. The van der Waals surface area contributed by atoms with E-state index in [4.69, 9.17) is 0 Å². The second-order valence-corrected chi connectivity index (χ2v) is 5.47. The molecule has 0 saturated heterocycles. The summed E-state index contributed by atoms with van der Waals surface area (Å²) in [6.45, 7) is -0.369. The van der Waals surface area contributed by atoms with E-state index >= 15 is 0 Å². The van der Waals surface area contributed by atoms with E-state index in [9.17, 15) is 15.2 Å². The molecule has 0 bridgehead atoms. The predicted molar refractivity (Wildman–Crippen MR) is 81.6 cm³/mol. The molecule has 2 rings (SSSR count). The maximum atomic E-state index is 10.8. The van der Waals surface area contributed by atoms with E-state index in [1.807, 2.05) is 4.57 Å². The molecule has 2 aromatic rings. The minimum Gasteiger partial charge on any atom is -0.391 e. The Morgan fingerprint density at radius 3 is 2.67 bits per heavy atom. The van der Waals surface area contributed by atoms with Gasteiger partial charge >= 0.3 is 0 Å². The first-order chi connectivity index (χ1) is 8.54. The summed E-state index contributed by atoms with van der Waals surface area (Å²) in [5, 5.41) is 20.0. The number of aliphatic hydroxyl groups excluding tert-OH is 1. The van der Waals surface area contributed by atoms with Gasteiger partial charge < -0.3 is 5.11 Å². The molecule has 0 saturated carbocycles. The van der Waals surface area contributed by atoms with Crippen molar-refractivity contribution in [3.63, 3.8) is 0 Å². The highest BCUT2D eigenvalue weighted by atomic mass is 127. The van der Waals surface area contributed by atoms with Crippen molar-refractivity contribution in [3.05, 3.63) is 47.6 Å². The summed E-state index contributed by atoms with van der Waals surface area (Å²) in [5.74, 6) is 0. The van der Waals surface area contributed by atoms with Gasteiger partial charge in [0.1, 0.15) is 13.7 Å². The Bertz CT molecular complexity index is 612. The highest BCUT2D eigenvalue weighted by molar-refractivity contribution is 14.1. The van der Waals surface area contributed by atoms with Crippen molar-refractivity contribution in [3.8, 4) is 5.69 Å². The van der Waals surface area contributed by atoms with E-state index in [2.05, 4.69) is 50.2 Å². The van der Waals surface area contributed by atoms with E-state index < -0.39 is 4.92 Å². The number of rotatable bonds is 3. The molecule has 6 nitrogen and oxygen atoms in total. The Balaban J connectivity index is 2.54. The van der Waals surface area contributed by atoms with Gasteiger partial charge in [0.05, 0.1) is 17.1 Å². The number of aliphatic hydroxyl groups is 1. The lowest BCUT2D eigenvalue weighted by atomic mass is 10.1. The van der Waals surface area contributed by atoms with Crippen molar-refractivity contribution in [1.29, 1.82) is 0 Å². The molecule has 0 fully saturated rings. The topological polar surface area (TPSA) is 81.2 Å². The molecule has 0 atom stereocenters. The van der Waals surface area contributed by atoms with Crippen molar-refractivity contribution < 1.29 is 10.0 Å². The molecule has 1 heterocycles. The standard InChI is InChI=1S/C10H7I2N3O3/c11-9-10(12)14(5-13-9)7-1-2-8(15(17)18)6(3-7)4-16/h1-3,5,16H,4H2. The number of hydrogen-bond acceptors (Lipinski definition) is 4. The summed E-state index contributed by atoms with van der Waals surface area (Å²) in [6, 6.07) is 4.62. The summed E-state index contributed by atoms with van der Waals surface area (Å²) < 4.78 is 3.59. The quantitative estimate of drug-likeness (QED) is 0.424. The normalized spacial score (nSPS) is 10.6. The fraction of sp³-hybridized carbons (Fsp3) is 0.100. The van der Waals surface area contributed by atoms with Gasteiger partial charge in [-0.05, 0) is 57.3 Å². The summed E-state index contributed by atoms with van der Waals surface area (Å²) in [6.07, 6.45) is 1.64. The number of halogens is 2. The van der Waals surface area contributed by atoms with Crippen molar-refractivity contribution in [2.24, 2.45) is 0 Å². The third kappa shape index (κ3) is 2.49. The van der Waals surface area contributed by atoms with E-state index in [0.29, 0.717) is 0 Å². The fourth-order valence-electron chi connectivity index (χ4n) is 1.52. The van der Waals surface area contributed by atoms with Crippen molar-refractivity contribution >= 4 is 50.9 Å². The van der Waals surface area contributed by atoms with Crippen LogP contribution in [0.5, 0.6) is 0 Å². The number of nitro benzene ring substituents is 1. The molecule has 0 unspecified atom stereocenters. The van der Waals surface area contributed by atoms with Crippen molar-refractivity contribution in [2.75, 3.05) is 0 Å². The Hall–Kier alpha value is -0.750. The highest BCUT2D eigenvalue weighted by Crippen LogP contribution is 2.24. The number of aromatic nitrogens is 2. The second kappa shape index (κ2) is 5.48. The third-order valence-electron chi connectivity index (χ3n) is 2.38. The van der Waals surface area contributed by atoms with Gasteiger partial charge in [0.25, 0.3) is 5.69 Å². The maximum Gasteiger partial charge on any atom is 0.275 e. The Kier molecular flexibility index (Phi) is 4.17. The van der Waals surface area contributed by atoms with Crippen LogP contribution in [0.2, 0.25) is 0 Å². The molecular weight excluding hydrogens is 464 g/mol. The van der Waals surface area contributed by atoms with Gasteiger partial charge in [0, 0.05) is 11.8 Å². The number of nitrogens with zero attached hydrogens (tertiary/aromatic N) is 3. The van der Waals surface area contributed by atoms with Crippen LogP contribution in [-0.2, 0) is 6.61 Å². The molecule has 8 heteroatoms. The Morgan fingerprint density at radius 1 is 1.44 bits per heavy atom. The van der Waals surface area contributed by atoms with Crippen LogP contribution in [0.25, 0.3) is 5.69 Å². The van der Waals surface area contributed by atoms with Gasteiger partial charge in [-0.25, -0.2) is 4.98 Å². The van der Waals surface area contributed by atoms with Crippen LogP contribution in [0.4, 0.5) is 5.69 Å². The van der Waals surface area contributed by atoms with E-state index in [0.717, 1.165) is 13.1 Å². The summed E-state index contributed by atoms with van der Waals surface area (Å²) in [5.41, 5.74) is 0.951. The molecule has 0 amide bonds. The molecular formula is C10H7I2N3O3. The van der Waals surface area contributed by atoms with Crippen LogP contribution >= 0.6 is 45.2 Å². The van der Waals surface area contributed by atoms with Crippen LogP contribution in [-0.4, -0.2) is 19.6 Å². The van der Waals surface area contributed by atoms with Crippen LogP contribution in [0.3, 0.4) is 0 Å². The largest absolute Gasteiger partial charge is 0.391 e. The summed E-state index contributed by atoms with van der Waals surface area (Å²) in [4.78, 5) is 14.4. The van der Waals surface area contributed by atoms with Crippen molar-refractivity contribution in [1.82, 2.24) is 9.55 Å². The van der Waals surface area contributed by atoms with Gasteiger partial charge in [-0.3, -0.25) is 14.7 Å². The van der Waals surface area contributed by atoms with Crippen LogP contribution < -0.4 is 0 Å². The summed E-state index contributed by atoms with van der Waals surface area (Å²) in [7, 11) is 0. The molecule has 18 heavy (non-hydrogen) atoms. The average Bonchev–Trinajstić information content (AvgIpc) is 2.69. The van der Waals surface area contributed by atoms with Gasteiger partial charge in [0.2, 0.25) is 0 Å². The first kappa shape index (κ1) is 13.7. The minimum atomic E-state index is -0.502. The van der Waals surface area contributed by atoms with E-state index in [1.54, 1.807) is 18.5 Å². The second-order valence-electron chi connectivity index (χ2n) is 3.42. The maximum absolute atomic E-state index is 10.8. The molecule has 94 valence electrons. The third-order valence-corrected chi connectivity index (χ3v) is 5.23. The molecule has 0 aliphatic carbocycles. The zero-order chi connectivity index (χ0) is 13.3.